The van der Waals surface area contributed by atoms with Gasteiger partial charge in [0.05, 0.1) is 39.3 Å². The summed E-state index contributed by atoms with van der Waals surface area (Å²) in [7, 11) is 1.44. The van der Waals surface area contributed by atoms with Crippen LogP contribution in [-0.4, -0.2) is 64.9 Å². The third-order valence-corrected chi connectivity index (χ3v) is 5.87. The van der Waals surface area contributed by atoms with E-state index in [2.05, 4.69) is 23.5 Å². The van der Waals surface area contributed by atoms with Crippen molar-refractivity contribution in [3.05, 3.63) is 35.4 Å². The molecule has 0 atom stereocenters. The van der Waals surface area contributed by atoms with Gasteiger partial charge in [-0.25, -0.2) is 0 Å². The van der Waals surface area contributed by atoms with Crippen LogP contribution in [0.5, 0.6) is 0 Å². The predicted octanol–water partition coefficient (Wildman–Crippen LogP) is -1.81. The molecule has 1 aromatic rings. The standard InChI is InChI=1S/C21H31N3O4/c1-27-21(26)17-6-8-23(9-7-17)16-20(25)22-14-18-4-2-3-5-19(18)15-24-10-12-28-13-11-24/h2-5,17H,6-16H2,1H3,(H,22,25)/p+2. The first-order chi connectivity index (χ1) is 13.7. The minimum absolute atomic E-state index is 0.00799. The Hall–Kier alpha value is -1.96. The number of carbonyl (C=O) groups excluding carboxylic acids is 2. The first-order valence-corrected chi connectivity index (χ1v) is 10.3. The average Bonchev–Trinajstić information content (AvgIpc) is 2.74. The zero-order valence-electron chi connectivity index (χ0n) is 16.8. The van der Waals surface area contributed by atoms with Crippen LogP contribution in [0.2, 0.25) is 0 Å². The Bertz CT molecular complexity index is 653. The van der Waals surface area contributed by atoms with Crippen molar-refractivity contribution in [3.8, 4) is 0 Å². The van der Waals surface area contributed by atoms with Crippen molar-refractivity contribution in [2.24, 2.45) is 5.92 Å². The molecule has 2 fully saturated rings. The molecule has 0 bridgehead atoms. The largest absolute Gasteiger partial charge is 0.469 e. The van der Waals surface area contributed by atoms with Gasteiger partial charge in [-0.2, -0.15) is 0 Å². The summed E-state index contributed by atoms with van der Waals surface area (Å²) >= 11 is 0. The van der Waals surface area contributed by atoms with E-state index in [0.29, 0.717) is 13.1 Å². The number of likely N-dealkylation sites (tertiary alicyclic amines) is 1. The zero-order valence-corrected chi connectivity index (χ0v) is 16.8. The van der Waals surface area contributed by atoms with E-state index in [1.807, 2.05) is 6.07 Å². The summed E-state index contributed by atoms with van der Waals surface area (Å²) in [5.41, 5.74) is 2.49. The van der Waals surface area contributed by atoms with Gasteiger partial charge in [-0.3, -0.25) is 9.59 Å². The number of piperidine rings is 1. The number of benzene rings is 1. The summed E-state index contributed by atoms with van der Waals surface area (Å²) in [4.78, 5) is 26.8. The maximum absolute atomic E-state index is 12.4. The van der Waals surface area contributed by atoms with Gasteiger partial charge in [0.2, 0.25) is 0 Å². The van der Waals surface area contributed by atoms with Gasteiger partial charge >= 0.3 is 5.97 Å². The number of amides is 1. The highest BCUT2D eigenvalue weighted by atomic mass is 16.5. The lowest BCUT2D eigenvalue weighted by Crippen LogP contribution is -3.14. The molecule has 0 radical (unpaired) electrons. The molecule has 0 spiro atoms. The molecule has 28 heavy (non-hydrogen) atoms. The minimum atomic E-state index is -0.123. The van der Waals surface area contributed by atoms with Gasteiger partial charge < -0.3 is 24.6 Å². The maximum Gasteiger partial charge on any atom is 0.309 e. The van der Waals surface area contributed by atoms with Crippen LogP contribution < -0.4 is 15.1 Å². The summed E-state index contributed by atoms with van der Waals surface area (Å²) in [6, 6.07) is 8.36. The number of hydrogen-bond acceptors (Lipinski definition) is 4. The molecule has 7 heteroatoms. The van der Waals surface area contributed by atoms with Gasteiger partial charge in [-0.05, 0) is 5.56 Å². The van der Waals surface area contributed by atoms with E-state index in [4.69, 9.17) is 9.47 Å². The Balaban J connectivity index is 1.44. The van der Waals surface area contributed by atoms with Crippen molar-refractivity contribution in [1.29, 1.82) is 0 Å². The molecule has 2 saturated heterocycles. The number of quaternary nitrogens is 2. The lowest BCUT2D eigenvalue weighted by Gasteiger charge is -2.27. The van der Waals surface area contributed by atoms with E-state index in [0.717, 1.165) is 58.8 Å². The number of carbonyl (C=O) groups is 2. The quantitative estimate of drug-likeness (QED) is 0.479. The molecule has 0 aliphatic carbocycles. The molecule has 3 N–H and O–H groups in total. The molecule has 2 aliphatic rings. The number of rotatable bonds is 7. The molecule has 7 nitrogen and oxygen atoms in total. The van der Waals surface area contributed by atoms with Gasteiger partial charge in [0.15, 0.2) is 6.54 Å². The Morgan fingerprint density at radius 2 is 1.75 bits per heavy atom. The van der Waals surface area contributed by atoms with Crippen LogP contribution in [0.25, 0.3) is 0 Å². The molecule has 0 unspecified atom stereocenters. The molecule has 1 aromatic carbocycles. The SMILES string of the molecule is COC(=O)C1CC[NH+](CC(=O)NCc2ccccc2C[NH+]2CCOCC2)CC1. The Morgan fingerprint density at radius 3 is 2.43 bits per heavy atom. The second-order valence-electron chi connectivity index (χ2n) is 7.81. The van der Waals surface area contributed by atoms with Crippen molar-refractivity contribution >= 4 is 11.9 Å². The van der Waals surface area contributed by atoms with Crippen LogP contribution in [0.1, 0.15) is 24.0 Å². The molecule has 154 valence electrons. The molecule has 2 aliphatic heterocycles. The molecular formula is C21H33N3O4+2. The number of esters is 1. The van der Waals surface area contributed by atoms with Crippen molar-refractivity contribution in [1.82, 2.24) is 5.32 Å². The molecule has 1 amide bonds. The van der Waals surface area contributed by atoms with E-state index in [-0.39, 0.29) is 17.8 Å². The first kappa shape index (κ1) is 20.8. The summed E-state index contributed by atoms with van der Waals surface area (Å²) in [6.07, 6.45) is 1.58. The summed E-state index contributed by atoms with van der Waals surface area (Å²) in [5, 5.41) is 3.08. The van der Waals surface area contributed by atoms with Crippen LogP contribution in [-0.2, 0) is 32.2 Å². The predicted molar refractivity (Wildman–Crippen MR) is 104 cm³/mol. The number of methoxy groups -OCH3 is 1. The van der Waals surface area contributed by atoms with Gasteiger partial charge in [-0.1, -0.05) is 24.3 Å². The first-order valence-electron chi connectivity index (χ1n) is 10.3. The lowest BCUT2D eigenvalue weighted by molar-refractivity contribution is -0.921. The van der Waals surface area contributed by atoms with Crippen LogP contribution in [0.4, 0.5) is 0 Å². The topological polar surface area (TPSA) is 73.5 Å². The van der Waals surface area contributed by atoms with E-state index in [1.165, 1.54) is 28.0 Å². The van der Waals surface area contributed by atoms with Gasteiger partial charge in [0, 0.05) is 24.9 Å². The fraction of sp³-hybridized carbons (Fsp3) is 0.619. The normalized spacial score (nSPS) is 23.2. The summed E-state index contributed by atoms with van der Waals surface area (Å²) in [6.45, 7) is 7.39. The fourth-order valence-corrected chi connectivity index (χ4v) is 4.10. The van der Waals surface area contributed by atoms with Crippen molar-refractivity contribution in [2.45, 2.75) is 25.9 Å². The van der Waals surface area contributed by atoms with E-state index >= 15 is 0 Å². The minimum Gasteiger partial charge on any atom is -0.469 e. The van der Waals surface area contributed by atoms with Crippen LogP contribution in [0, 0.1) is 5.92 Å². The average molecular weight is 392 g/mol. The van der Waals surface area contributed by atoms with Gasteiger partial charge in [0.1, 0.15) is 19.6 Å². The third-order valence-electron chi connectivity index (χ3n) is 5.87. The second kappa shape index (κ2) is 10.5. The summed E-state index contributed by atoms with van der Waals surface area (Å²) in [5.74, 6) is -0.0612. The monoisotopic (exact) mass is 391 g/mol. The summed E-state index contributed by atoms with van der Waals surface area (Å²) < 4.78 is 10.3. The van der Waals surface area contributed by atoms with Crippen LogP contribution >= 0.6 is 0 Å². The second-order valence-corrected chi connectivity index (χ2v) is 7.81. The molecular weight excluding hydrogens is 358 g/mol. The highest BCUT2D eigenvalue weighted by molar-refractivity contribution is 5.77. The van der Waals surface area contributed by atoms with Crippen LogP contribution in [0.3, 0.4) is 0 Å². The number of hydrogen-bond donors (Lipinski definition) is 3. The third kappa shape index (κ3) is 6.02. The van der Waals surface area contributed by atoms with Crippen molar-refractivity contribution < 1.29 is 28.9 Å². The van der Waals surface area contributed by atoms with E-state index in [1.54, 1.807) is 0 Å². The van der Waals surface area contributed by atoms with Gasteiger partial charge in [-0.15, -0.1) is 0 Å². The highest BCUT2D eigenvalue weighted by Crippen LogP contribution is 2.11. The number of ether oxygens (including phenoxy) is 2. The molecule has 0 saturated carbocycles. The fourth-order valence-electron chi connectivity index (χ4n) is 4.10. The Morgan fingerprint density at radius 1 is 1.07 bits per heavy atom. The Kier molecular flexibility index (Phi) is 7.82. The zero-order chi connectivity index (χ0) is 19.8. The van der Waals surface area contributed by atoms with E-state index in [9.17, 15) is 9.59 Å². The smallest absolute Gasteiger partial charge is 0.309 e. The van der Waals surface area contributed by atoms with Crippen LogP contribution in [0.15, 0.2) is 24.3 Å². The number of nitrogens with one attached hydrogen (secondary N) is 3. The molecule has 2 heterocycles. The lowest BCUT2D eigenvalue weighted by atomic mass is 9.97. The Labute approximate surface area is 167 Å². The van der Waals surface area contributed by atoms with E-state index < -0.39 is 0 Å². The van der Waals surface area contributed by atoms with Crippen molar-refractivity contribution in [2.75, 3.05) is 53.0 Å². The molecule has 3 rings (SSSR count). The molecule has 0 aromatic heterocycles. The van der Waals surface area contributed by atoms with Crippen molar-refractivity contribution in [3.63, 3.8) is 0 Å². The number of morpholine rings is 1. The maximum atomic E-state index is 12.4. The van der Waals surface area contributed by atoms with Gasteiger partial charge in [0.25, 0.3) is 5.91 Å². The highest BCUT2D eigenvalue weighted by Gasteiger charge is 2.29.